The Morgan fingerprint density at radius 3 is 2.67 bits per heavy atom. The summed E-state index contributed by atoms with van der Waals surface area (Å²) in [5.41, 5.74) is 2.94. The first-order valence-electron chi connectivity index (χ1n) is 11.4. The summed E-state index contributed by atoms with van der Waals surface area (Å²) in [7, 11) is 0. The molecule has 1 N–H and O–H groups in total. The lowest BCUT2D eigenvalue weighted by molar-refractivity contribution is -0.117. The number of anilines is 2. The first kappa shape index (κ1) is 22.8. The quantitative estimate of drug-likeness (QED) is 0.614. The first-order valence-corrected chi connectivity index (χ1v) is 11.4. The number of rotatable bonds is 5. The zero-order valence-corrected chi connectivity index (χ0v) is 20.4. The minimum atomic E-state index is -0.116. The zero-order valence-electron chi connectivity index (χ0n) is 20.4. The van der Waals surface area contributed by atoms with Crippen LogP contribution in [0.2, 0.25) is 0 Å². The van der Waals surface area contributed by atoms with Crippen LogP contribution < -0.4 is 10.2 Å². The molecule has 0 saturated carbocycles. The molecule has 0 spiro atoms. The van der Waals surface area contributed by atoms with E-state index in [2.05, 4.69) is 46.2 Å². The third kappa shape index (κ3) is 4.31. The van der Waals surface area contributed by atoms with Gasteiger partial charge in [-0.1, -0.05) is 27.7 Å². The average Bonchev–Trinajstić information content (AvgIpc) is 3.20. The molecule has 0 saturated heterocycles. The zero-order chi connectivity index (χ0) is 23.9. The molecule has 1 atom stereocenters. The van der Waals surface area contributed by atoms with Crippen LogP contribution in [0.4, 0.5) is 11.5 Å². The van der Waals surface area contributed by atoms with E-state index in [1.807, 2.05) is 38.3 Å². The van der Waals surface area contributed by atoms with Gasteiger partial charge in [-0.15, -0.1) is 10.2 Å². The van der Waals surface area contributed by atoms with Crippen LogP contribution in [0.1, 0.15) is 71.9 Å². The number of carbonyl (C=O) groups is 1. The summed E-state index contributed by atoms with van der Waals surface area (Å²) in [6.45, 7) is 14.5. The molecule has 174 valence electrons. The molecular formula is C24H32N8O. The Labute approximate surface area is 194 Å². The summed E-state index contributed by atoms with van der Waals surface area (Å²) in [6, 6.07) is 2.10. The summed E-state index contributed by atoms with van der Waals surface area (Å²) >= 11 is 0. The van der Waals surface area contributed by atoms with Crippen LogP contribution in [0, 0.1) is 12.3 Å². The van der Waals surface area contributed by atoms with E-state index in [0.717, 1.165) is 35.0 Å². The fourth-order valence-corrected chi connectivity index (χ4v) is 4.40. The van der Waals surface area contributed by atoms with Crippen molar-refractivity contribution < 1.29 is 4.79 Å². The van der Waals surface area contributed by atoms with Crippen LogP contribution in [0.5, 0.6) is 0 Å². The number of nitrogens with zero attached hydrogens (tertiary/aromatic N) is 7. The molecule has 4 heterocycles. The van der Waals surface area contributed by atoms with Gasteiger partial charge in [0.25, 0.3) is 0 Å². The molecule has 0 aliphatic carbocycles. The Morgan fingerprint density at radius 2 is 2.00 bits per heavy atom. The van der Waals surface area contributed by atoms with E-state index in [0.29, 0.717) is 17.9 Å². The van der Waals surface area contributed by atoms with Crippen LogP contribution in [-0.4, -0.2) is 41.7 Å². The lowest BCUT2D eigenvalue weighted by atomic mass is 9.92. The first-order chi connectivity index (χ1) is 15.6. The Kier molecular flexibility index (Phi) is 5.90. The Bertz CT molecular complexity index is 1180. The molecule has 0 unspecified atom stereocenters. The van der Waals surface area contributed by atoms with Gasteiger partial charge in [-0.3, -0.25) is 14.3 Å². The van der Waals surface area contributed by atoms with Crippen molar-refractivity contribution in [2.24, 2.45) is 5.41 Å². The number of aromatic nitrogens is 6. The molecule has 4 rings (SSSR count). The second-order valence-electron chi connectivity index (χ2n) is 10.00. The van der Waals surface area contributed by atoms with Crippen LogP contribution in [-0.2, 0) is 4.79 Å². The molecular weight excluding hydrogens is 416 g/mol. The minimum Gasteiger partial charge on any atom is -0.342 e. The SMILES string of the molecule is CC[C@@H]1c2nncn2-c2c(C)nc(-c3ccncc3NC(=O)CC(C)(C)C)nc2N1C(C)C. The van der Waals surface area contributed by atoms with Crippen molar-refractivity contribution in [2.75, 3.05) is 10.2 Å². The highest BCUT2D eigenvalue weighted by Crippen LogP contribution is 2.41. The van der Waals surface area contributed by atoms with Crippen molar-refractivity contribution in [3.05, 3.63) is 36.3 Å². The van der Waals surface area contributed by atoms with Gasteiger partial charge in [-0.25, -0.2) is 9.97 Å². The fraction of sp³-hybridized carbons (Fsp3) is 0.500. The molecule has 0 radical (unpaired) electrons. The highest BCUT2D eigenvalue weighted by molar-refractivity contribution is 5.94. The molecule has 0 bridgehead atoms. The summed E-state index contributed by atoms with van der Waals surface area (Å²) < 4.78 is 2.00. The summed E-state index contributed by atoms with van der Waals surface area (Å²) in [6.07, 6.45) is 6.36. The van der Waals surface area contributed by atoms with Crippen LogP contribution in [0.15, 0.2) is 24.8 Å². The molecule has 1 aliphatic rings. The van der Waals surface area contributed by atoms with E-state index in [4.69, 9.17) is 9.97 Å². The number of carbonyl (C=O) groups excluding carboxylic acids is 1. The monoisotopic (exact) mass is 448 g/mol. The maximum Gasteiger partial charge on any atom is 0.224 e. The van der Waals surface area contributed by atoms with Gasteiger partial charge in [-0.05, 0) is 38.7 Å². The predicted octanol–water partition coefficient (Wildman–Crippen LogP) is 4.48. The molecule has 3 aromatic rings. The third-order valence-electron chi connectivity index (χ3n) is 5.70. The fourth-order valence-electron chi connectivity index (χ4n) is 4.40. The molecule has 1 amide bonds. The van der Waals surface area contributed by atoms with E-state index < -0.39 is 0 Å². The van der Waals surface area contributed by atoms with Crippen molar-refractivity contribution >= 4 is 17.4 Å². The lowest BCUT2D eigenvalue weighted by Crippen LogP contribution is -2.40. The maximum atomic E-state index is 12.6. The second-order valence-corrected chi connectivity index (χ2v) is 10.00. The standard InChI is InChI=1S/C24H32N8O/c1-8-18-22-30-26-13-31(22)20-15(4)27-21(29-23(20)32(18)14(2)3)16-9-10-25-12-17(16)28-19(33)11-24(5,6)7/h9-10,12-14,18H,8,11H2,1-7H3,(H,28,33)/t18-/m1/s1. The Balaban J connectivity index is 1.83. The van der Waals surface area contributed by atoms with Gasteiger partial charge in [0, 0.05) is 24.2 Å². The summed E-state index contributed by atoms with van der Waals surface area (Å²) in [5, 5.41) is 11.6. The van der Waals surface area contributed by atoms with E-state index >= 15 is 0 Å². The van der Waals surface area contributed by atoms with Crippen LogP contribution in [0.25, 0.3) is 17.1 Å². The van der Waals surface area contributed by atoms with Crippen LogP contribution in [0.3, 0.4) is 0 Å². The summed E-state index contributed by atoms with van der Waals surface area (Å²) in [5.74, 6) is 2.24. The number of nitrogens with one attached hydrogen (secondary N) is 1. The number of fused-ring (bicyclic) bond motifs is 3. The van der Waals surface area contributed by atoms with Gasteiger partial charge in [0.15, 0.2) is 17.5 Å². The summed E-state index contributed by atoms with van der Waals surface area (Å²) in [4.78, 5) is 29.0. The van der Waals surface area contributed by atoms with Crippen LogP contribution >= 0.6 is 0 Å². The van der Waals surface area contributed by atoms with Gasteiger partial charge >= 0.3 is 0 Å². The van der Waals surface area contributed by atoms with Gasteiger partial charge in [0.2, 0.25) is 5.91 Å². The van der Waals surface area contributed by atoms with Crippen molar-refractivity contribution in [3.63, 3.8) is 0 Å². The minimum absolute atomic E-state index is 0.0598. The Morgan fingerprint density at radius 1 is 1.24 bits per heavy atom. The van der Waals surface area contributed by atoms with Gasteiger partial charge in [0.1, 0.15) is 12.0 Å². The third-order valence-corrected chi connectivity index (χ3v) is 5.70. The highest BCUT2D eigenvalue weighted by Gasteiger charge is 2.36. The normalized spacial score (nSPS) is 15.4. The average molecular weight is 449 g/mol. The van der Waals surface area contributed by atoms with Crippen molar-refractivity contribution in [1.29, 1.82) is 0 Å². The molecule has 9 nitrogen and oxygen atoms in total. The topological polar surface area (TPSA) is 102 Å². The molecule has 33 heavy (non-hydrogen) atoms. The van der Waals surface area contributed by atoms with E-state index in [1.54, 1.807) is 18.7 Å². The number of hydrogen-bond donors (Lipinski definition) is 1. The van der Waals surface area contributed by atoms with E-state index in [-0.39, 0.29) is 23.4 Å². The molecule has 0 aromatic carbocycles. The lowest BCUT2D eigenvalue weighted by Gasteiger charge is -2.40. The molecule has 9 heteroatoms. The largest absolute Gasteiger partial charge is 0.342 e. The molecule has 3 aromatic heterocycles. The molecule has 0 fully saturated rings. The smallest absolute Gasteiger partial charge is 0.224 e. The second kappa shape index (κ2) is 8.53. The molecule has 1 aliphatic heterocycles. The van der Waals surface area contributed by atoms with Crippen molar-refractivity contribution in [2.45, 2.75) is 73.4 Å². The number of pyridine rings is 1. The van der Waals surface area contributed by atoms with E-state index in [9.17, 15) is 4.79 Å². The van der Waals surface area contributed by atoms with Crippen molar-refractivity contribution in [1.82, 2.24) is 29.7 Å². The van der Waals surface area contributed by atoms with Gasteiger partial charge < -0.3 is 10.2 Å². The predicted molar refractivity (Wildman–Crippen MR) is 128 cm³/mol. The van der Waals surface area contributed by atoms with E-state index in [1.165, 1.54) is 0 Å². The number of amides is 1. The maximum absolute atomic E-state index is 12.6. The number of aryl methyl sites for hydroxylation is 1. The van der Waals surface area contributed by atoms with Gasteiger partial charge in [-0.2, -0.15) is 0 Å². The number of hydrogen-bond acceptors (Lipinski definition) is 7. The Hall–Kier alpha value is -3.36. The van der Waals surface area contributed by atoms with Gasteiger partial charge in [0.05, 0.1) is 23.6 Å². The highest BCUT2D eigenvalue weighted by atomic mass is 16.1. The van der Waals surface area contributed by atoms with Crippen molar-refractivity contribution in [3.8, 4) is 17.1 Å².